The highest BCUT2D eigenvalue weighted by Gasteiger charge is 2.27. The largest absolute Gasteiger partial charge is 0.383 e. The summed E-state index contributed by atoms with van der Waals surface area (Å²) in [6, 6.07) is 10.5. The molecule has 0 amide bonds. The van der Waals surface area contributed by atoms with Gasteiger partial charge in [0.1, 0.15) is 5.78 Å². The van der Waals surface area contributed by atoms with E-state index in [9.17, 15) is 4.79 Å². The van der Waals surface area contributed by atoms with Gasteiger partial charge in [-0.1, -0.05) is 67.8 Å². The fourth-order valence-corrected chi connectivity index (χ4v) is 5.84. The molecule has 0 aliphatic carbocycles. The number of benzene rings is 1. The molecule has 1 heterocycles. The van der Waals surface area contributed by atoms with E-state index in [1.54, 1.807) is 13.1 Å². The van der Waals surface area contributed by atoms with Gasteiger partial charge < -0.3 is 15.4 Å². The molecule has 0 aromatic heterocycles. The molecule has 0 radical (unpaired) electrons. The molecular weight excluding hydrogens is 363 g/mol. The van der Waals surface area contributed by atoms with Gasteiger partial charge in [0.2, 0.25) is 0 Å². The van der Waals surface area contributed by atoms with Crippen molar-refractivity contribution in [1.29, 1.82) is 0 Å². The molecular formula is C24H31N2OP. The van der Waals surface area contributed by atoms with Crippen LogP contribution in [0.25, 0.3) is 0 Å². The summed E-state index contributed by atoms with van der Waals surface area (Å²) in [4.78, 5) is 11.5. The van der Waals surface area contributed by atoms with E-state index < -0.39 is 7.92 Å². The predicted octanol–water partition coefficient (Wildman–Crippen LogP) is 5.60. The summed E-state index contributed by atoms with van der Waals surface area (Å²) in [5.74, 6) is 0.225. The van der Waals surface area contributed by atoms with Crippen LogP contribution in [0.1, 0.15) is 32.3 Å². The molecule has 2 atom stereocenters. The van der Waals surface area contributed by atoms with Crippen molar-refractivity contribution in [2.45, 2.75) is 39.3 Å². The average Bonchev–Trinajstić information content (AvgIpc) is 2.69. The SMILES string of the molecule is C=CNC(CNCc1ccccc1)/C(=C/C)P1C(=C)C=CC=C1CCC(C)=O. The van der Waals surface area contributed by atoms with E-state index in [4.69, 9.17) is 0 Å². The van der Waals surface area contributed by atoms with Gasteiger partial charge in [0.15, 0.2) is 0 Å². The van der Waals surface area contributed by atoms with Gasteiger partial charge in [-0.2, -0.15) is 0 Å². The highest BCUT2D eigenvalue weighted by molar-refractivity contribution is 7.70. The Hall–Kier alpha value is -2.22. The van der Waals surface area contributed by atoms with Crippen molar-refractivity contribution in [3.63, 3.8) is 0 Å². The maximum Gasteiger partial charge on any atom is 0.130 e. The summed E-state index contributed by atoms with van der Waals surface area (Å²) >= 11 is 0. The maximum absolute atomic E-state index is 11.5. The first-order chi connectivity index (χ1) is 13.6. The van der Waals surface area contributed by atoms with Crippen LogP contribution in [-0.2, 0) is 11.3 Å². The van der Waals surface area contributed by atoms with E-state index in [1.807, 2.05) is 12.1 Å². The minimum atomic E-state index is -0.674. The number of carbonyl (C=O) groups is 1. The lowest BCUT2D eigenvalue weighted by Crippen LogP contribution is -2.37. The van der Waals surface area contributed by atoms with Gasteiger partial charge in [0.05, 0.1) is 6.04 Å². The van der Waals surface area contributed by atoms with Gasteiger partial charge in [-0.05, 0) is 55.9 Å². The maximum atomic E-state index is 11.5. The molecule has 28 heavy (non-hydrogen) atoms. The number of nitrogens with one attached hydrogen (secondary N) is 2. The Morgan fingerprint density at radius 2 is 2.04 bits per heavy atom. The number of hydrogen-bond acceptors (Lipinski definition) is 3. The number of hydrogen-bond donors (Lipinski definition) is 2. The first kappa shape index (κ1) is 22.1. The van der Waals surface area contributed by atoms with Crippen LogP contribution in [0.2, 0.25) is 0 Å². The highest BCUT2D eigenvalue weighted by atomic mass is 31.1. The summed E-state index contributed by atoms with van der Waals surface area (Å²) in [6.45, 7) is 13.5. The molecule has 2 N–H and O–H groups in total. The minimum Gasteiger partial charge on any atom is -0.383 e. The van der Waals surface area contributed by atoms with Crippen molar-refractivity contribution in [3.8, 4) is 0 Å². The van der Waals surface area contributed by atoms with Gasteiger partial charge in [-0.15, -0.1) is 0 Å². The van der Waals surface area contributed by atoms with Crippen LogP contribution in [0, 0.1) is 0 Å². The molecule has 1 aliphatic heterocycles. The second-order valence-electron chi connectivity index (χ2n) is 6.80. The molecule has 1 aliphatic rings. The first-order valence-electron chi connectivity index (χ1n) is 9.70. The molecule has 1 aromatic carbocycles. The summed E-state index contributed by atoms with van der Waals surface area (Å²) in [7, 11) is -0.674. The third-order valence-corrected chi connectivity index (χ3v) is 7.39. The topological polar surface area (TPSA) is 41.1 Å². The Morgan fingerprint density at radius 1 is 1.29 bits per heavy atom. The van der Waals surface area contributed by atoms with E-state index in [0.717, 1.165) is 24.8 Å². The average molecular weight is 394 g/mol. The normalized spacial score (nSPS) is 17.8. The minimum absolute atomic E-state index is 0.126. The molecule has 2 rings (SSSR count). The van der Waals surface area contributed by atoms with E-state index >= 15 is 0 Å². The van der Waals surface area contributed by atoms with Gasteiger partial charge >= 0.3 is 0 Å². The van der Waals surface area contributed by atoms with Crippen molar-refractivity contribution < 1.29 is 4.79 Å². The van der Waals surface area contributed by atoms with Crippen molar-refractivity contribution in [2.24, 2.45) is 0 Å². The Labute approximate surface area is 170 Å². The predicted molar refractivity (Wildman–Crippen MR) is 122 cm³/mol. The lowest BCUT2D eigenvalue weighted by Gasteiger charge is -2.32. The molecule has 148 valence electrons. The third-order valence-electron chi connectivity index (χ3n) is 4.64. The molecule has 0 bridgehead atoms. The van der Waals surface area contributed by atoms with E-state index in [0.29, 0.717) is 6.42 Å². The number of carbonyl (C=O) groups excluding carboxylic acids is 1. The van der Waals surface area contributed by atoms with Crippen LogP contribution in [0.3, 0.4) is 0 Å². The summed E-state index contributed by atoms with van der Waals surface area (Å²) in [6.07, 6.45) is 11.6. The Bertz CT molecular complexity index is 777. The smallest absolute Gasteiger partial charge is 0.130 e. The number of Topliss-reactive ketones (excluding diaryl/α,β-unsaturated/α-hetero) is 1. The monoisotopic (exact) mass is 394 g/mol. The van der Waals surface area contributed by atoms with Crippen LogP contribution < -0.4 is 10.6 Å². The number of rotatable bonds is 11. The van der Waals surface area contributed by atoms with Crippen LogP contribution >= 0.6 is 7.92 Å². The molecule has 3 nitrogen and oxygen atoms in total. The highest BCUT2D eigenvalue weighted by Crippen LogP contribution is 2.62. The molecule has 2 unspecified atom stereocenters. The van der Waals surface area contributed by atoms with Crippen LogP contribution in [0.15, 0.2) is 89.9 Å². The lowest BCUT2D eigenvalue weighted by molar-refractivity contribution is -0.116. The second kappa shape index (κ2) is 11.6. The zero-order valence-electron chi connectivity index (χ0n) is 16.9. The standard InChI is InChI=1S/C24H31N2OP/c1-5-24(28-20(4)11-10-14-22(28)16-15-19(3)27)23(26-6-2)18-25-17-21-12-8-7-9-13-21/h5-14,23,25-26H,2,4,15-18H2,1,3H3/b24-5-. The Balaban J connectivity index is 2.13. The van der Waals surface area contributed by atoms with E-state index in [1.165, 1.54) is 16.2 Å². The van der Waals surface area contributed by atoms with E-state index in [2.05, 4.69) is 73.2 Å². The van der Waals surface area contributed by atoms with Crippen molar-refractivity contribution >= 4 is 13.7 Å². The van der Waals surface area contributed by atoms with Crippen molar-refractivity contribution in [3.05, 3.63) is 95.5 Å². The quantitative estimate of drug-likeness (QED) is 0.480. The number of allylic oxidation sites excluding steroid dienone is 6. The van der Waals surface area contributed by atoms with Gasteiger partial charge in [0, 0.05) is 19.5 Å². The van der Waals surface area contributed by atoms with E-state index in [-0.39, 0.29) is 11.8 Å². The van der Waals surface area contributed by atoms with Crippen LogP contribution in [-0.4, -0.2) is 18.4 Å². The zero-order chi connectivity index (χ0) is 20.4. The molecule has 0 saturated carbocycles. The fourth-order valence-electron chi connectivity index (χ4n) is 3.27. The lowest BCUT2D eigenvalue weighted by atomic mass is 10.2. The van der Waals surface area contributed by atoms with Crippen molar-refractivity contribution in [2.75, 3.05) is 6.54 Å². The summed E-state index contributed by atoms with van der Waals surface area (Å²) in [5, 5.41) is 10.7. The third kappa shape index (κ3) is 6.44. The molecule has 0 spiro atoms. The fraction of sp³-hybridized carbons (Fsp3) is 0.292. The van der Waals surface area contributed by atoms with Crippen LogP contribution in [0.4, 0.5) is 0 Å². The molecule has 0 saturated heterocycles. The van der Waals surface area contributed by atoms with Crippen LogP contribution in [0.5, 0.6) is 0 Å². The Kier molecular flexibility index (Phi) is 9.13. The zero-order valence-corrected chi connectivity index (χ0v) is 17.8. The van der Waals surface area contributed by atoms with Gasteiger partial charge in [-0.3, -0.25) is 0 Å². The summed E-state index contributed by atoms with van der Waals surface area (Å²) in [5.41, 5.74) is 1.26. The summed E-state index contributed by atoms with van der Waals surface area (Å²) < 4.78 is 0. The van der Waals surface area contributed by atoms with Gasteiger partial charge in [-0.25, -0.2) is 0 Å². The van der Waals surface area contributed by atoms with Gasteiger partial charge in [0.25, 0.3) is 0 Å². The molecule has 0 fully saturated rings. The van der Waals surface area contributed by atoms with Crippen molar-refractivity contribution in [1.82, 2.24) is 10.6 Å². The number of ketones is 1. The first-order valence-corrected chi connectivity index (χ1v) is 11.0. The molecule has 4 heteroatoms. The molecule has 1 aromatic rings. The second-order valence-corrected chi connectivity index (χ2v) is 9.14. The Morgan fingerprint density at radius 3 is 2.68 bits per heavy atom.